The fraction of sp³-hybridized carbons (Fsp3) is 0. The molecule has 0 unspecified atom stereocenters. The molecule has 0 aliphatic rings. The van der Waals surface area contributed by atoms with Gasteiger partial charge >= 0.3 is 154 Å². The van der Waals surface area contributed by atoms with Crippen molar-refractivity contribution in [1.82, 2.24) is 0 Å². The molecule has 0 heterocycles. The Morgan fingerprint density at radius 2 is 0.842 bits per heavy atom. The number of rotatable bonds is 0. The Bertz CT molecular complexity index is 183. The molecule has 0 fully saturated rings. The molecule has 11 nitrogen and oxygen atoms in total. The third kappa shape index (κ3) is 476. The van der Waals surface area contributed by atoms with Crippen LogP contribution in [0.5, 0.6) is 0 Å². The monoisotopic (exact) mass is 366 g/mol. The van der Waals surface area contributed by atoms with E-state index in [4.69, 9.17) is 53.4 Å². The first-order valence-electron chi connectivity index (χ1n) is 2.23. The van der Waals surface area contributed by atoms with Crippen LogP contribution in [0, 0.1) is 0 Å². The summed E-state index contributed by atoms with van der Waals surface area (Å²) >= 11 is 0. The zero-order chi connectivity index (χ0) is 12.6. The molecular weight excluding hydrogens is 362 g/mol. The van der Waals surface area contributed by atoms with E-state index in [1.807, 2.05) is 0 Å². The van der Waals surface area contributed by atoms with E-state index in [0.29, 0.717) is 0 Å². The summed E-state index contributed by atoms with van der Waals surface area (Å²) in [6, 6.07) is 0. The van der Waals surface area contributed by atoms with Crippen molar-refractivity contribution >= 4 is 23.0 Å². The van der Waals surface area contributed by atoms with E-state index < -0.39 is 23.0 Å². The fourth-order valence-electron chi connectivity index (χ4n) is 0. The third-order valence-electron chi connectivity index (χ3n) is 0. The molecular formula is CH4Na5O11PSi. The molecule has 0 spiro atoms. The summed E-state index contributed by atoms with van der Waals surface area (Å²) in [6.45, 7) is 0. The first kappa shape index (κ1) is 49.5. The van der Waals surface area contributed by atoms with Crippen molar-refractivity contribution in [1.29, 1.82) is 0 Å². The van der Waals surface area contributed by atoms with Crippen molar-refractivity contribution in [3.8, 4) is 0 Å². The van der Waals surface area contributed by atoms with Gasteiger partial charge in [0.1, 0.15) is 0 Å². The van der Waals surface area contributed by atoms with Gasteiger partial charge in [-0.15, -0.1) is 0 Å². The van der Waals surface area contributed by atoms with Crippen LogP contribution in [0.2, 0.25) is 0 Å². The first-order chi connectivity index (χ1) is 5.73. The zero-order valence-corrected chi connectivity index (χ0v) is 23.0. The number of phosphoric acid groups is 1. The Morgan fingerprint density at radius 3 is 0.842 bits per heavy atom. The summed E-state index contributed by atoms with van der Waals surface area (Å²) in [4.78, 5) is 65.8. The molecule has 18 heteroatoms. The molecule has 0 bridgehead atoms. The van der Waals surface area contributed by atoms with Crippen LogP contribution >= 0.6 is 7.82 Å². The molecule has 0 saturated heterocycles. The zero-order valence-electron chi connectivity index (χ0n) is 11.1. The second kappa shape index (κ2) is 27.3. The van der Waals surface area contributed by atoms with Crippen molar-refractivity contribution in [2.45, 2.75) is 0 Å². The van der Waals surface area contributed by atoms with Crippen LogP contribution in [0.25, 0.3) is 0 Å². The Kier molecular flexibility index (Phi) is 71.1. The predicted octanol–water partition coefficient (Wildman–Crippen LogP) is -21.5. The van der Waals surface area contributed by atoms with Crippen LogP contribution in [0.1, 0.15) is 0 Å². The van der Waals surface area contributed by atoms with Gasteiger partial charge in [0.15, 0.2) is 0 Å². The molecule has 19 heavy (non-hydrogen) atoms. The van der Waals surface area contributed by atoms with Crippen LogP contribution in [-0.4, -0.2) is 35.2 Å². The molecule has 0 aromatic carbocycles. The van der Waals surface area contributed by atoms with Gasteiger partial charge in [-0.1, -0.05) is 0 Å². The number of carboxylic acid groups (broad SMARTS) is 2. The van der Waals surface area contributed by atoms with Crippen LogP contribution < -0.4 is 172 Å². The molecule has 0 aliphatic heterocycles. The Balaban J connectivity index is -0.0000000141. The van der Waals surface area contributed by atoms with Crippen LogP contribution in [-0.2, 0) is 4.57 Å². The van der Waals surface area contributed by atoms with Crippen molar-refractivity contribution in [2.75, 3.05) is 0 Å². The molecule has 0 saturated carbocycles. The molecule has 0 aromatic rings. The molecule has 0 radical (unpaired) electrons. The minimum atomic E-state index is -5.61. The van der Waals surface area contributed by atoms with E-state index in [9.17, 15) is 0 Å². The van der Waals surface area contributed by atoms with Gasteiger partial charge in [0, 0.05) is 0 Å². The van der Waals surface area contributed by atoms with Gasteiger partial charge in [-0.05, 0) is 0 Å². The van der Waals surface area contributed by atoms with Gasteiger partial charge in [0.25, 0.3) is 7.82 Å². The molecule has 0 rings (SSSR count). The normalized spacial score (nSPS) is 7.53. The summed E-state index contributed by atoms with van der Waals surface area (Å²) in [5.74, 6) is 0. The standard InChI is InChI=1S/CH2O3.5Na.H3O4P.O4Si/c2-1(3)4;;;;;;2*1-5(2,3)4/h(H2,2,3,4);;;;;;(H3,1,2,3,4);/q;5*+1;;-4/p-1. The average Bonchev–Trinajstić information content (AvgIpc) is 1.45. The van der Waals surface area contributed by atoms with E-state index in [1.54, 1.807) is 0 Å². The summed E-state index contributed by atoms with van der Waals surface area (Å²) in [5, 5.41) is 13.9. The van der Waals surface area contributed by atoms with Gasteiger partial charge in [0.05, 0.1) is 0 Å². The van der Waals surface area contributed by atoms with E-state index in [0.717, 1.165) is 0 Å². The van der Waals surface area contributed by atoms with Crippen LogP contribution in [0.15, 0.2) is 0 Å². The fourth-order valence-corrected chi connectivity index (χ4v) is 0. The van der Waals surface area contributed by atoms with Gasteiger partial charge < -0.3 is 53.1 Å². The van der Waals surface area contributed by atoms with Crippen LogP contribution in [0.3, 0.4) is 0 Å². The summed E-state index contributed by atoms with van der Waals surface area (Å²) in [7, 11) is -10.5. The van der Waals surface area contributed by atoms with E-state index in [1.165, 1.54) is 0 Å². The molecule has 0 amide bonds. The summed E-state index contributed by atoms with van der Waals surface area (Å²) < 4.78 is 8.77. The Hall–Kier alpha value is 4.44. The Morgan fingerprint density at radius 1 is 0.842 bits per heavy atom. The minimum Gasteiger partial charge on any atom is -0.894 e. The van der Waals surface area contributed by atoms with E-state index in [2.05, 4.69) is 0 Å². The SMILES string of the molecule is O=C(O)O.O=P([O-])(O)O.[Na+].[Na+].[Na+].[Na+].[Na+].[O-][Si]([O-])([O-])[O-]. The molecule has 0 aromatic heterocycles. The van der Waals surface area contributed by atoms with Crippen molar-refractivity contribution in [3.05, 3.63) is 0 Å². The second-order valence-electron chi connectivity index (χ2n) is 1.27. The maximum atomic E-state index is 8.77. The minimum absolute atomic E-state index is 0. The summed E-state index contributed by atoms with van der Waals surface area (Å²) in [5.41, 5.74) is 0. The maximum absolute atomic E-state index is 8.77. The first-order valence-corrected chi connectivity index (χ1v) is 5.40. The van der Waals surface area contributed by atoms with Crippen LogP contribution in [0.4, 0.5) is 4.79 Å². The van der Waals surface area contributed by atoms with Gasteiger partial charge in [-0.3, -0.25) is 4.57 Å². The molecule has 0 aliphatic carbocycles. The number of carbonyl (C=O) groups is 1. The Labute approximate surface area is 220 Å². The van der Waals surface area contributed by atoms with Crippen molar-refractivity contribution in [3.63, 3.8) is 0 Å². The largest absolute Gasteiger partial charge is 1.00 e. The average molecular weight is 366 g/mol. The van der Waals surface area contributed by atoms with E-state index >= 15 is 0 Å². The van der Waals surface area contributed by atoms with Crippen molar-refractivity contribution < 1.29 is 201 Å². The van der Waals surface area contributed by atoms with Gasteiger partial charge in [-0.2, -0.15) is 0 Å². The molecule has 4 N–H and O–H groups in total. The second-order valence-corrected chi connectivity index (χ2v) is 3.25. The maximum Gasteiger partial charge on any atom is 1.00 e. The smallest absolute Gasteiger partial charge is 0.894 e. The van der Waals surface area contributed by atoms with E-state index in [-0.39, 0.29) is 148 Å². The van der Waals surface area contributed by atoms with Gasteiger partial charge in [0.2, 0.25) is 0 Å². The predicted molar refractivity (Wildman–Crippen MR) is 28.5 cm³/mol. The quantitative estimate of drug-likeness (QED) is 0.232. The topological polar surface area (TPSA) is 230 Å². The van der Waals surface area contributed by atoms with Crippen molar-refractivity contribution in [2.24, 2.45) is 0 Å². The molecule has 0 atom stereocenters. The molecule has 88 valence electrons. The summed E-state index contributed by atoms with van der Waals surface area (Å²) in [6.07, 6.45) is -1.83. The van der Waals surface area contributed by atoms with Gasteiger partial charge in [-0.25, -0.2) is 4.79 Å². The number of hydrogen-bond acceptors (Lipinski definition) is 7. The third-order valence-corrected chi connectivity index (χ3v) is 0. The number of hydrogen-bond donors (Lipinski definition) is 4.